The van der Waals surface area contributed by atoms with Crippen LogP contribution < -0.4 is 5.32 Å². The molecule has 0 aliphatic rings. The minimum Gasteiger partial charge on any atom is -0.506 e. The zero-order valence-electron chi connectivity index (χ0n) is 9.52. The second-order valence-corrected chi connectivity index (χ2v) is 4.60. The van der Waals surface area contributed by atoms with Gasteiger partial charge in [-0.2, -0.15) is 0 Å². The molecule has 0 atom stereocenters. The first kappa shape index (κ1) is 13.5. The van der Waals surface area contributed by atoms with Gasteiger partial charge in [-0.25, -0.2) is 0 Å². The Morgan fingerprint density at radius 1 is 1.11 bits per heavy atom. The van der Waals surface area contributed by atoms with Crippen molar-refractivity contribution in [3.8, 4) is 11.5 Å². The van der Waals surface area contributed by atoms with E-state index in [1.165, 1.54) is 24.3 Å². The molecule has 2 aromatic rings. The van der Waals surface area contributed by atoms with Gasteiger partial charge >= 0.3 is 0 Å². The van der Waals surface area contributed by atoms with E-state index in [4.69, 9.17) is 23.2 Å². The molecule has 4 nitrogen and oxygen atoms in total. The largest absolute Gasteiger partial charge is 0.506 e. The Kier molecular flexibility index (Phi) is 3.83. The molecule has 0 aromatic heterocycles. The fraction of sp³-hybridized carbons (Fsp3) is 0. The van der Waals surface area contributed by atoms with Crippen molar-refractivity contribution < 1.29 is 15.0 Å². The molecule has 0 bridgehead atoms. The Balaban J connectivity index is 2.33. The Bertz CT molecular complexity index is 644. The Morgan fingerprint density at radius 2 is 1.79 bits per heavy atom. The number of phenols is 2. The SMILES string of the molecule is O=C(Nc1ccccc1O)c1cc(Cl)cc(Cl)c1O. The molecule has 0 aliphatic heterocycles. The van der Waals surface area contributed by atoms with E-state index in [1.807, 2.05) is 0 Å². The summed E-state index contributed by atoms with van der Waals surface area (Å²) in [4.78, 5) is 12.0. The van der Waals surface area contributed by atoms with Crippen molar-refractivity contribution in [3.63, 3.8) is 0 Å². The van der Waals surface area contributed by atoms with E-state index in [1.54, 1.807) is 12.1 Å². The number of rotatable bonds is 2. The smallest absolute Gasteiger partial charge is 0.259 e. The number of para-hydroxylation sites is 2. The first-order chi connectivity index (χ1) is 8.99. The summed E-state index contributed by atoms with van der Waals surface area (Å²) >= 11 is 11.5. The van der Waals surface area contributed by atoms with Crippen LogP contribution in [-0.2, 0) is 0 Å². The first-order valence-electron chi connectivity index (χ1n) is 5.26. The van der Waals surface area contributed by atoms with Gasteiger partial charge in [0.05, 0.1) is 16.3 Å². The Labute approximate surface area is 119 Å². The van der Waals surface area contributed by atoms with Gasteiger partial charge in [0.25, 0.3) is 5.91 Å². The maximum Gasteiger partial charge on any atom is 0.259 e. The Hall–Kier alpha value is -1.91. The summed E-state index contributed by atoms with van der Waals surface area (Å²) in [5.74, 6) is -1.06. The highest BCUT2D eigenvalue weighted by atomic mass is 35.5. The molecule has 0 saturated heterocycles. The number of aromatic hydroxyl groups is 2. The number of benzene rings is 2. The number of nitrogens with one attached hydrogen (secondary N) is 1. The third-order valence-corrected chi connectivity index (χ3v) is 2.93. The minimum absolute atomic E-state index is 0.0186. The maximum atomic E-state index is 12.0. The highest BCUT2D eigenvalue weighted by molar-refractivity contribution is 6.36. The number of carbonyl (C=O) groups excluding carboxylic acids is 1. The zero-order valence-corrected chi connectivity index (χ0v) is 11.0. The monoisotopic (exact) mass is 297 g/mol. The standard InChI is InChI=1S/C13H9Cl2NO3/c14-7-5-8(12(18)9(15)6-7)13(19)16-10-3-1-2-4-11(10)17/h1-6,17-18H,(H,16,19). The van der Waals surface area contributed by atoms with Gasteiger partial charge in [-0.1, -0.05) is 35.3 Å². The zero-order chi connectivity index (χ0) is 14.0. The summed E-state index contributed by atoms with van der Waals surface area (Å²) in [5.41, 5.74) is 0.156. The third kappa shape index (κ3) is 2.92. The van der Waals surface area contributed by atoms with Crippen LogP contribution in [0.4, 0.5) is 5.69 Å². The highest BCUT2D eigenvalue weighted by Crippen LogP contribution is 2.32. The predicted octanol–water partition coefficient (Wildman–Crippen LogP) is 3.66. The summed E-state index contributed by atoms with van der Waals surface area (Å²) in [6.07, 6.45) is 0. The average Bonchev–Trinajstić information content (AvgIpc) is 2.36. The molecule has 0 unspecified atom stereocenters. The van der Waals surface area contributed by atoms with Crippen LogP contribution >= 0.6 is 23.2 Å². The second kappa shape index (κ2) is 5.38. The van der Waals surface area contributed by atoms with E-state index in [-0.39, 0.29) is 32.8 Å². The van der Waals surface area contributed by atoms with Gasteiger partial charge in [0.2, 0.25) is 0 Å². The summed E-state index contributed by atoms with van der Waals surface area (Å²) in [7, 11) is 0. The number of hydrogen-bond acceptors (Lipinski definition) is 3. The number of anilines is 1. The van der Waals surface area contributed by atoms with Crippen molar-refractivity contribution in [2.24, 2.45) is 0 Å². The lowest BCUT2D eigenvalue weighted by atomic mass is 10.1. The van der Waals surface area contributed by atoms with Crippen LogP contribution in [0.25, 0.3) is 0 Å². The fourth-order valence-electron chi connectivity index (χ4n) is 1.51. The summed E-state index contributed by atoms with van der Waals surface area (Å²) in [6.45, 7) is 0. The molecule has 2 rings (SSSR count). The van der Waals surface area contributed by atoms with Crippen molar-refractivity contribution >= 4 is 34.8 Å². The Morgan fingerprint density at radius 3 is 2.47 bits per heavy atom. The van der Waals surface area contributed by atoms with Gasteiger partial charge in [0.15, 0.2) is 0 Å². The molecular formula is C13H9Cl2NO3. The van der Waals surface area contributed by atoms with Crippen molar-refractivity contribution in [1.29, 1.82) is 0 Å². The molecule has 98 valence electrons. The molecule has 0 radical (unpaired) electrons. The molecule has 19 heavy (non-hydrogen) atoms. The lowest BCUT2D eigenvalue weighted by Gasteiger charge is -2.09. The van der Waals surface area contributed by atoms with Crippen molar-refractivity contribution in [1.82, 2.24) is 0 Å². The molecular weight excluding hydrogens is 289 g/mol. The van der Waals surface area contributed by atoms with Gasteiger partial charge in [0.1, 0.15) is 11.5 Å². The molecule has 6 heteroatoms. The van der Waals surface area contributed by atoms with E-state index >= 15 is 0 Å². The molecule has 1 amide bonds. The van der Waals surface area contributed by atoms with Crippen LogP contribution in [0.5, 0.6) is 11.5 Å². The van der Waals surface area contributed by atoms with E-state index in [0.717, 1.165) is 0 Å². The molecule has 0 heterocycles. The number of halogens is 2. The van der Waals surface area contributed by atoms with E-state index in [9.17, 15) is 15.0 Å². The van der Waals surface area contributed by atoms with Gasteiger partial charge in [-0.05, 0) is 24.3 Å². The van der Waals surface area contributed by atoms with Crippen LogP contribution in [-0.4, -0.2) is 16.1 Å². The van der Waals surface area contributed by atoms with E-state index in [0.29, 0.717) is 0 Å². The highest BCUT2D eigenvalue weighted by Gasteiger charge is 2.16. The van der Waals surface area contributed by atoms with Gasteiger partial charge < -0.3 is 15.5 Å². The summed E-state index contributed by atoms with van der Waals surface area (Å²) < 4.78 is 0. The summed E-state index contributed by atoms with van der Waals surface area (Å²) in [6, 6.07) is 8.85. The van der Waals surface area contributed by atoms with Crippen LogP contribution in [0.1, 0.15) is 10.4 Å². The third-order valence-electron chi connectivity index (χ3n) is 2.43. The minimum atomic E-state index is -0.622. The molecule has 0 saturated carbocycles. The van der Waals surface area contributed by atoms with Crippen molar-refractivity contribution in [3.05, 3.63) is 52.0 Å². The first-order valence-corrected chi connectivity index (χ1v) is 6.02. The van der Waals surface area contributed by atoms with Crippen LogP contribution in [0.3, 0.4) is 0 Å². The molecule has 0 aliphatic carbocycles. The lowest BCUT2D eigenvalue weighted by molar-refractivity contribution is 0.102. The van der Waals surface area contributed by atoms with Crippen molar-refractivity contribution in [2.75, 3.05) is 5.32 Å². The molecule has 0 spiro atoms. The van der Waals surface area contributed by atoms with Crippen LogP contribution in [0, 0.1) is 0 Å². The number of phenolic OH excluding ortho intramolecular Hbond substituents is 2. The quantitative estimate of drug-likeness (QED) is 0.741. The molecule has 3 N–H and O–H groups in total. The van der Waals surface area contributed by atoms with Crippen molar-refractivity contribution in [2.45, 2.75) is 0 Å². The second-order valence-electron chi connectivity index (χ2n) is 3.76. The summed E-state index contributed by atoms with van der Waals surface area (Å²) in [5, 5.41) is 21.9. The fourth-order valence-corrected chi connectivity index (χ4v) is 2.00. The van der Waals surface area contributed by atoms with Crippen LogP contribution in [0.2, 0.25) is 10.0 Å². The van der Waals surface area contributed by atoms with E-state index in [2.05, 4.69) is 5.32 Å². The molecule has 2 aromatic carbocycles. The maximum absolute atomic E-state index is 12.0. The normalized spacial score (nSPS) is 10.2. The number of carbonyl (C=O) groups is 1. The van der Waals surface area contributed by atoms with Gasteiger partial charge in [0, 0.05) is 5.02 Å². The topological polar surface area (TPSA) is 69.6 Å². The van der Waals surface area contributed by atoms with E-state index < -0.39 is 5.91 Å². The van der Waals surface area contributed by atoms with Gasteiger partial charge in [-0.3, -0.25) is 4.79 Å². The molecule has 0 fully saturated rings. The van der Waals surface area contributed by atoms with Gasteiger partial charge in [-0.15, -0.1) is 0 Å². The van der Waals surface area contributed by atoms with Crippen LogP contribution in [0.15, 0.2) is 36.4 Å². The lowest BCUT2D eigenvalue weighted by Crippen LogP contribution is -2.12. The number of amides is 1. The predicted molar refractivity (Wildman–Crippen MR) is 74.2 cm³/mol. The number of hydrogen-bond donors (Lipinski definition) is 3. The average molecular weight is 298 g/mol.